The van der Waals surface area contributed by atoms with Crippen molar-refractivity contribution in [3.05, 3.63) is 23.8 Å². The Balaban J connectivity index is 1.59. The van der Waals surface area contributed by atoms with Crippen LogP contribution in [0.15, 0.2) is 23.1 Å². The average Bonchev–Trinajstić information content (AvgIpc) is 3.00. The first-order chi connectivity index (χ1) is 12.8. The summed E-state index contributed by atoms with van der Waals surface area (Å²) in [6.07, 6.45) is 2.20. The van der Waals surface area contributed by atoms with Crippen LogP contribution in [0.25, 0.3) is 0 Å². The first-order valence-electron chi connectivity index (χ1n) is 9.48. The van der Waals surface area contributed by atoms with Crippen molar-refractivity contribution in [1.82, 2.24) is 9.62 Å². The van der Waals surface area contributed by atoms with Crippen LogP contribution in [-0.4, -0.2) is 44.2 Å². The fraction of sp³-hybridized carbons (Fsp3) is 0.579. The van der Waals surface area contributed by atoms with E-state index >= 15 is 0 Å². The summed E-state index contributed by atoms with van der Waals surface area (Å²) in [5.74, 6) is 0.305. The molecule has 7 nitrogen and oxygen atoms in total. The van der Waals surface area contributed by atoms with E-state index in [1.165, 1.54) is 10.4 Å². The van der Waals surface area contributed by atoms with Crippen molar-refractivity contribution < 1.29 is 18.0 Å². The van der Waals surface area contributed by atoms with E-state index in [-0.39, 0.29) is 29.0 Å². The maximum atomic E-state index is 12.9. The van der Waals surface area contributed by atoms with E-state index in [9.17, 15) is 18.0 Å². The van der Waals surface area contributed by atoms with Crippen LogP contribution in [0.5, 0.6) is 0 Å². The lowest BCUT2D eigenvalue weighted by atomic mass is 9.97. The van der Waals surface area contributed by atoms with Crippen LogP contribution >= 0.6 is 0 Å². The molecule has 0 saturated carbocycles. The normalized spacial score (nSPS) is 18.4. The maximum Gasteiger partial charge on any atom is 0.243 e. The number of nitrogens with one attached hydrogen (secondary N) is 2. The molecule has 1 aromatic rings. The van der Waals surface area contributed by atoms with Gasteiger partial charge in [0.1, 0.15) is 0 Å². The predicted molar refractivity (Wildman–Crippen MR) is 103 cm³/mol. The van der Waals surface area contributed by atoms with Gasteiger partial charge in [-0.15, -0.1) is 0 Å². The zero-order valence-corrected chi connectivity index (χ0v) is 16.6. The van der Waals surface area contributed by atoms with Gasteiger partial charge >= 0.3 is 0 Å². The summed E-state index contributed by atoms with van der Waals surface area (Å²) in [7, 11) is -3.62. The van der Waals surface area contributed by atoms with Crippen molar-refractivity contribution >= 4 is 27.5 Å². The molecule has 1 saturated heterocycles. The largest absolute Gasteiger partial charge is 0.356 e. The Morgan fingerprint density at radius 1 is 1.30 bits per heavy atom. The summed E-state index contributed by atoms with van der Waals surface area (Å²) < 4.78 is 27.3. The number of nitrogens with zero attached hydrogens (tertiary/aromatic N) is 1. The monoisotopic (exact) mass is 393 g/mol. The molecule has 1 aromatic carbocycles. The van der Waals surface area contributed by atoms with Gasteiger partial charge in [-0.3, -0.25) is 9.59 Å². The quantitative estimate of drug-likeness (QED) is 0.770. The summed E-state index contributed by atoms with van der Waals surface area (Å²) in [5.41, 5.74) is 1.39. The van der Waals surface area contributed by atoms with Gasteiger partial charge in [-0.25, -0.2) is 8.42 Å². The summed E-state index contributed by atoms with van der Waals surface area (Å²) in [4.78, 5) is 23.9. The van der Waals surface area contributed by atoms with E-state index in [1.807, 2.05) is 0 Å². The third-order valence-electron chi connectivity index (χ3n) is 5.19. The van der Waals surface area contributed by atoms with Crippen LogP contribution in [0.3, 0.4) is 0 Å². The smallest absolute Gasteiger partial charge is 0.243 e. The molecule has 2 amide bonds. The van der Waals surface area contributed by atoms with Crippen molar-refractivity contribution in [2.24, 2.45) is 11.8 Å². The maximum absolute atomic E-state index is 12.9. The number of piperidine rings is 1. The van der Waals surface area contributed by atoms with Crippen LogP contribution in [0.2, 0.25) is 0 Å². The Labute approximate surface area is 160 Å². The highest BCUT2D eigenvalue weighted by Crippen LogP contribution is 2.29. The molecule has 1 fully saturated rings. The molecule has 0 bridgehead atoms. The number of benzene rings is 1. The number of hydrogen-bond donors (Lipinski definition) is 2. The third-order valence-corrected chi connectivity index (χ3v) is 7.08. The summed E-state index contributed by atoms with van der Waals surface area (Å²) in [6.45, 7) is 5.55. The van der Waals surface area contributed by atoms with Crippen molar-refractivity contribution in [3.63, 3.8) is 0 Å². The highest BCUT2D eigenvalue weighted by Gasteiger charge is 2.32. The third kappa shape index (κ3) is 4.50. The van der Waals surface area contributed by atoms with Crippen LogP contribution in [0.1, 0.15) is 38.7 Å². The van der Waals surface area contributed by atoms with Gasteiger partial charge in [0.25, 0.3) is 0 Å². The SMILES string of the molecule is CC(C)CCNC(=O)C1CCN(S(=O)(=O)c2ccc3c(c2)CC(=O)N3)CC1. The summed E-state index contributed by atoms with van der Waals surface area (Å²) in [6, 6.07) is 4.75. The molecule has 148 valence electrons. The first kappa shape index (κ1) is 19.8. The number of hydrogen-bond acceptors (Lipinski definition) is 4. The Hall–Kier alpha value is -1.93. The van der Waals surface area contributed by atoms with E-state index in [2.05, 4.69) is 24.5 Å². The zero-order chi connectivity index (χ0) is 19.6. The van der Waals surface area contributed by atoms with Gasteiger partial charge in [-0.05, 0) is 48.9 Å². The highest BCUT2D eigenvalue weighted by molar-refractivity contribution is 7.89. The van der Waals surface area contributed by atoms with Gasteiger partial charge in [0.15, 0.2) is 0 Å². The van der Waals surface area contributed by atoms with Crippen molar-refractivity contribution in [3.8, 4) is 0 Å². The molecule has 3 rings (SSSR count). The highest BCUT2D eigenvalue weighted by atomic mass is 32.2. The van der Waals surface area contributed by atoms with Crippen molar-refractivity contribution in [2.45, 2.75) is 44.4 Å². The lowest BCUT2D eigenvalue weighted by molar-refractivity contribution is -0.126. The Kier molecular flexibility index (Phi) is 5.86. The van der Waals surface area contributed by atoms with E-state index in [0.29, 0.717) is 49.6 Å². The Morgan fingerprint density at radius 2 is 2.00 bits per heavy atom. The second-order valence-electron chi connectivity index (χ2n) is 7.70. The molecule has 2 N–H and O–H groups in total. The molecule has 0 unspecified atom stereocenters. The molecule has 0 aliphatic carbocycles. The fourth-order valence-corrected chi connectivity index (χ4v) is 5.02. The van der Waals surface area contributed by atoms with Crippen LogP contribution in [-0.2, 0) is 26.0 Å². The second-order valence-corrected chi connectivity index (χ2v) is 9.63. The van der Waals surface area contributed by atoms with Gasteiger partial charge < -0.3 is 10.6 Å². The van der Waals surface area contributed by atoms with Gasteiger partial charge in [0, 0.05) is 31.2 Å². The molecule has 2 aliphatic rings. The minimum absolute atomic E-state index is 0.0230. The predicted octanol–water partition coefficient (Wildman–Crippen LogP) is 1.74. The fourth-order valence-electron chi connectivity index (χ4n) is 3.50. The number of sulfonamides is 1. The summed E-state index contributed by atoms with van der Waals surface area (Å²) >= 11 is 0. The topological polar surface area (TPSA) is 95.6 Å². The lowest BCUT2D eigenvalue weighted by Crippen LogP contribution is -2.43. The van der Waals surface area contributed by atoms with Gasteiger partial charge in [-0.2, -0.15) is 4.31 Å². The molecule has 2 aliphatic heterocycles. The minimum atomic E-state index is -3.62. The molecular formula is C19H27N3O4S. The molecule has 0 radical (unpaired) electrons. The number of amides is 2. The standard InChI is InChI=1S/C19H27N3O4S/c1-13(2)5-8-20-19(24)14-6-9-22(10-7-14)27(25,26)16-3-4-17-15(11-16)12-18(23)21-17/h3-4,11,13-14H,5-10,12H2,1-2H3,(H,20,24)(H,21,23). The molecular weight excluding hydrogens is 366 g/mol. The van der Waals surface area contributed by atoms with Crippen LogP contribution < -0.4 is 10.6 Å². The molecule has 0 atom stereocenters. The lowest BCUT2D eigenvalue weighted by Gasteiger charge is -2.30. The number of fused-ring (bicyclic) bond motifs is 1. The van der Waals surface area contributed by atoms with Gasteiger partial charge in [0.2, 0.25) is 21.8 Å². The zero-order valence-electron chi connectivity index (χ0n) is 15.8. The van der Waals surface area contributed by atoms with Crippen molar-refractivity contribution in [1.29, 1.82) is 0 Å². The molecule has 0 aromatic heterocycles. The molecule has 8 heteroatoms. The molecule has 2 heterocycles. The minimum Gasteiger partial charge on any atom is -0.356 e. The number of rotatable bonds is 6. The van der Waals surface area contributed by atoms with Crippen LogP contribution in [0.4, 0.5) is 5.69 Å². The van der Waals surface area contributed by atoms with Gasteiger partial charge in [0.05, 0.1) is 11.3 Å². The average molecular weight is 394 g/mol. The number of carbonyl (C=O) groups excluding carboxylic acids is 2. The Bertz CT molecular complexity index is 827. The molecule has 27 heavy (non-hydrogen) atoms. The van der Waals surface area contributed by atoms with E-state index in [1.54, 1.807) is 12.1 Å². The number of carbonyl (C=O) groups is 2. The second kappa shape index (κ2) is 7.98. The Morgan fingerprint density at radius 3 is 2.67 bits per heavy atom. The van der Waals surface area contributed by atoms with E-state index < -0.39 is 10.0 Å². The van der Waals surface area contributed by atoms with E-state index in [4.69, 9.17) is 0 Å². The van der Waals surface area contributed by atoms with E-state index in [0.717, 1.165) is 6.42 Å². The summed E-state index contributed by atoms with van der Waals surface area (Å²) in [5, 5.41) is 5.66. The van der Waals surface area contributed by atoms with Gasteiger partial charge in [-0.1, -0.05) is 13.8 Å². The van der Waals surface area contributed by atoms with Crippen LogP contribution in [0, 0.1) is 11.8 Å². The number of anilines is 1. The first-order valence-corrected chi connectivity index (χ1v) is 10.9. The molecule has 0 spiro atoms. The van der Waals surface area contributed by atoms with Crippen molar-refractivity contribution in [2.75, 3.05) is 25.0 Å².